The number of benzene rings is 1. The zero-order valence-corrected chi connectivity index (χ0v) is 9.15. The summed E-state index contributed by atoms with van der Waals surface area (Å²) in [5, 5.41) is 8.85. The van der Waals surface area contributed by atoms with Gasteiger partial charge in [-0.25, -0.2) is 4.79 Å². The van der Waals surface area contributed by atoms with E-state index in [9.17, 15) is 18.0 Å². The molecule has 2 rings (SSSR count). The molecule has 0 saturated carbocycles. The third-order valence-corrected chi connectivity index (χ3v) is 2.56. The van der Waals surface area contributed by atoms with Crippen molar-refractivity contribution in [1.29, 1.82) is 0 Å². The van der Waals surface area contributed by atoms with Gasteiger partial charge in [-0.2, -0.15) is 13.2 Å². The Kier molecular flexibility index (Phi) is 3.16. The molecule has 0 aliphatic carbocycles. The van der Waals surface area contributed by atoms with Gasteiger partial charge in [0.25, 0.3) is 0 Å². The molecule has 0 bridgehead atoms. The fourth-order valence-corrected chi connectivity index (χ4v) is 1.68. The molecule has 1 saturated heterocycles. The van der Waals surface area contributed by atoms with Crippen molar-refractivity contribution in [1.82, 2.24) is 0 Å². The number of nitrogens with zero attached hydrogens (tertiary/aromatic N) is 1. The first kappa shape index (κ1) is 12.7. The van der Waals surface area contributed by atoms with Crippen molar-refractivity contribution in [2.45, 2.75) is 12.3 Å². The van der Waals surface area contributed by atoms with Gasteiger partial charge in [0.05, 0.1) is 18.7 Å². The van der Waals surface area contributed by atoms with Gasteiger partial charge in [-0.1, -0.05) is 6.07 Å². The molecule has 1 N–H and O–H groups in total. The zero-order valence-electron chi connectivity index (χ0n) is 9.15. The van der Waals surface area contributed by atoms with Crippen LogP contribution in [0, 0.1) is 0 Å². The highest BCUT2D eigenvalue weighted by Crippen LogP contribution is 2.32. The number of rotatable bonds is 2. The van der Waals surface area contributed by atoms with Crippen LogP contribution in [0.1, 0.15) is 5.56 Å². The van der Waals surface area contributed by atoms with Crippen LogP contribution in [-0.4, -0.2) is 30.5 Å². The van der Waals surface area contributed by atoms with E-state index in [1.165, 1.54) is 12.1 Å². The second-order valence-electron chi connectivity index (χ2n) is 3.85. The lowest BCUT2D eigenvalue weighted by Crippen LogP contribution is -2.25. The number of hydrogen-bond donors (Lipinski definition) is 1. The maximum absolute atomic E-state index is 12.5. The highest BCUT2D eigenvalue weighted by Gasteiger charge is 2.34. The van der Waals surface area contributed by atoms with Crippen LogP contribution < -0.4 is 4.90 Å². The topological polar surface area (TPSA) is 49.8 Å². The van der Waals surface area contributed by atoms with Crippen molar-refractivity contribution in [2.24, 2.45) is 0 Å². The molecule has 1 aliphatic rings. The SMILES string of the molecule is O=C1OC(CO)CN1c1cccc(C(F)(F)F)c1. The lowest BCUT2D eigenvalue weighted by Gasteiger charge is -2.15. The standard InChI is InChI=1S/C11H10F3NO3/c12-11(13,14)7-2-1-3-8(4-7)15-5-9(6-16)18-10(15)17/h1-4,9,16H,5-6H2. The van der Waals surface area contributed by atoms with Gasteiger partial charge in [-0.3, -0.25) is 4.90 Å². The van der Waals surface area contributed by atoms with Crippen LogP contribution >= 0.6 is 0 Å². The van der Waals surface area contributed by atoms with Gasteiger partial charge in [0.15, 0.2) is 0 Å². The Bertz CT molecular complexity index is 461. The molecular weight excluding hydrogens is 251 g/mol. The Balaban J connectivity index is 2.27. The van der Waals surface area contributed by atoms with E-state index in [1.807, 2.05) is 0 Å². The molecule has 98 valence electrons. The summed E-state index contributed by atoms with van der Waals surface area (Å²) in [5.41, 5.74) is -0.731. The highest BCUT2D eigenvalue weighted by molar-refractivity contribution is 5.89. The van der Waals surface area contributed by atoms with E-state index in [0.717, 1.165) is 17.0 Å². The Labute approximate surface area is 101 Å². The number of anilines is 1. The van der Waals surface area contributed by atoms with Crippen molar-refractivity contribution in [3.8, 4) is 0 Å². The number of cyclic esters (lactones) is 1. The summed E-state index contributed by atoms with van der Waals surface area (Å²) in [4.78, 5) is 12.5. The first-order chi connectivity index (χ1) is 8.41. The Hall–Kier alpha value is -1.76. The van der Waals surface area contributed by atoms with Crippen LogP contribution in [0.15, 0.2) is 24.3 Å². The van der Waals surface area contributed by atoms with Gasteiger partial charge in [0.1, 0.15) is 6.10 Å². The van der Waals surface area contributed by atoms with Gasteiger partial charge in [0.2, 0.25) is 0 Å². The van der Waals surface area contributed by atoms with Crippen LogP contribution in [0.4, 0.5) is 23.7 Å². The van der Waals surface area contributed by atoms with Crippen molar-refractivity contribution >= 4 is 11.8 Å². The number of carbonyl (C=O) groups is 1. The third kappa shape index (κ3) is 2.40. The van der Waals surface area contributed by atoms with E-state index < -0.39 is 23.9 Å². The minimum absolute atomic E-state index is 0.0383. The van der Waals surface area contributed by atoms with Crippen LogP contribution in [0.5, 0.6) is 0 Å². The number of carbonyl (C=O) groups excluding carboxylic acids is 1. The maximum Gasteiger partial charge on any atom is 0.416 e. The van der Waals surface area contributed by atoms with Gasteiger partial charge in [-0.05, 0) is 18.2 Å². The van der Waals surface area contributed by atoms with Crippen LogP contribution in [0.3, 0.4) is 0 Å². The molecule has 1 aromatic rings. The van der Waals surface area contributed by atoms with Crippen molar-refractivity contribution < 1.29 is 27.8 Å². The van der Waals surface area contributed by atoms with E-state index in [4.69, 9.17) is 9.84 Å². The molecule has 1 aliphatic heterocycles. The average molecular weight is 261 g/mol. The summed E-state index contributed by atoms with van der Waals surface area (Å²) >= 11 is 0. The summed E-state index contributed by atoms with van der Waals surface area (Å²) in [6.45, 7) is -0.322. The molecule has 4 nitrogen and oxygen atoms in total. The molecule has 1 heterocycles. The minimum atomic E-state index is -4.46. The number of alkyl halides is 3. The van der Waals surface area contributed by atoms with Crippen molar-refractivity contribution in [2.75, 3.05) is 18.1 Å². The zero-order chi connectivity index (χ0) is 13.3. The normalized spacial score (nSPS) is 20.1. The minimum Gasteiger partial charge on any atom is -0.441 e. The average Bonchev–Trinajstić information content (AvgIpc) is 2.70. The number of amides is 1. The summed E-state index contributed by atoms with van der Waals surface area (Å²) in [6.07, 6.45) is -5.92. The van der Waals surface area contributed by atoms with Gasteiger partial charge < -0.3 is 9.84 Å². The van der Waals surface area contributed by atoms with Crippen molar-refractivity contribution in [3.63, 3.8) is 0 Å². The smallest absolute Gasteiger partial charge is 0.416 e. The first-order valence-corrected chi connectivity index (χ1v) is 5.18. The molecule has 1 fully saturated rings. The molecule has 0 aromatic heterocycles. The Morgan fingerprint density at radius 3 is 2.72 bits per heavy atom. The lowest BCUT2D eigenvalue weighted by atomic mass is 10.2. The van der Waals surface area contributed by atoms with E-state index >= 15 is 0 Å². The fourth-order valence-electron chi connectivity index (χ4n) is 1.68. The molecule has 1 amide bonds. The highest BCUT2D eigenvalue weighted by atomic mass is 19.4. The summed E-state index contributed by atoms with van der Waals surface area (Å²) in [7, 11) is 0. The van der Waals surface area contributed by atoms with E-state index in [0.29, 0.717) is 0 Å². The first-order valence-electron chi connectivity index (χ1n) is 5.18. The van der Waals surface area contributed by atoms with E-state index in [2.05, 4.69) is 0 Å². The van der Waals surface area contributed by atoms with Gasteiger partial charge in [-0.15, -0.1) is 0 Å². The predicted molar refractivity (Wildman–Crippen MR) is 56.1 cm³/mol. The number of aliphatic hydroxyl groups is 1. The van der Waals surface area contributed by atoms with Crippen LogP contribution in [0.25, 0.3) is 0 Å². The lowest BCUT2D eigenvalue weighted by molar-refractivity contribution is -0.137. The third-order valence-electron chi connectivity index (χ3n) is 2.56. The van der Waals surface area contributed by atoms with Gasteiger partial charge >= 0.3 is 12.3 Å². The second-order valence-corrected chi connectivity index (χ2v) is 3.85. The number of ether oxygens (including phenoxy) is 1. The molecule has 1 atom stereocenters. The Morgan fingerprint density at radius 2 is 2.17 bits per heavy atom. The molecule has 0 spiro atoms. The number of aliphatic hydroxyl groups excluding tert-OH is 1. The molecule has 1 aromatic carbocycles. The molecular formula is C11H10F3NO3. The Morgan fingerprint density at radius 1 is 1.44 bits per heavy atom. The van der Waals surface area contributed by atoms with Crippen LogP contribution in [0.2, 0.25) is 0 Å². The van der Waals surface area contributed by atoms with Crippen LogP contribution in [-0.2, 0) is 10.9 Å². The quantitative estimate of drug-likeness (QED) is 0.886. The molecule has 7 heteroatoms. The summed E-state index contributed by atoms with van der Waals surface area (Å²) < 4.78 is 42.3. The monoisotopic (exact) mass is 261 g/mol. The molecule has 18 heavy (non-hydrogen) atoms. The van der Waals surface area contributed by atoms with E-state index in [-0.39, 0.29) is 18.8 Å². The van der Waals surface area contributed by atoms with Gasteiger partial charge in [0, 0.05) is 5.69 Å². The van der Waals surface area contributed by atoms with Crippen molar-refractivity contribution in [3.05, 3.63) is 29.8 Å². The van der Waals surface area contributed by atoms with E-state index in [1.54, 1.807) is 0 Å². The maximum atomic E-state index is 12.5. The second kappa shape index (κ2) is 4.49. The summed E-state index contributed by atoms with van der Waals surface area (Å²) in [6, 6.07) is 4.41. The largest absolute Gasteiger partial charge is 0.441 e. The number of halogens is 3. The predicted octanol–water partition coefficient (Wildman–Crippen LogP) is 2.02. The molecule has 0 radical (unpaired) electrons. The fraction of sp³-hybridized carbons (Fsp3) is 0.364. The summed E-state index contributed by atoms with van der Waals surface area (Å²) in [5.74, 6) is 0. The molecule has 1 unspecified atom stereocenters. The number of hydrogen-bond acceptors (Lipinski definition) is 3.